The van der Waals surface area contributed by atoms with E-state index < -0.39 is 0 Å². The fourth-order valence-electron chi connectivity index (χ4n) is 3.00. The molecule has 0 radical (unpaired) electrons. The smallest absolute Gasteiger partial charge is 0.251 e. The Labute approximate surface area is 168 Å². The quantitative estimate of drug-likeness (QED) is 0.275. The van der Waals surface area contributed by atoms with Crippen molar-refractivity contribution >= 4 is 35.8 Å². The minimum absolute atomic E-state index is 0. The van der Waals surface area contributed by atoms with Gasteiger partial charge in [0.1, 0.15) is 6.10 Å². The first kappa shape index (κ1) is 22.4. The topological polar surface area (TPSA) is 66.4 Å². The van der Waals surface area contributed by atoms with Crippen LogP contribution < -0.4 is 5.32 Å². The molecule has 0 aromatic heterocycles. The number of aliphatic imine (C=N–C) groups is 1. The molecule has 1 N–H and O–H groups in total. The molecular formula is C17H33IN4O3. The van der Waals surface area contributed by atoms with Crippen LogP contribution in [0.1, 0.15) is 26.7 Å². The Morgan fingerprint density at radius 2 is 1.96 bits per heavy atom. The van der Waals surface area contributed by atoms with Crippen molar-refractivity contribution in [1.29, 1.82) is 0 Å². The number of nitrogens with one attached hydrogen (secondary N) is 1. The van der Waals surface area contributed by atoms with Crippen molar-refractivity contribution in [2.24, 2.45) is 10.9 Å². The van der Waals surface area contributed by atoms with Crippen molar-refractivity contribution in [3.05, 3.63) is 0 Å². The second-order valence-corrected chi connectivity index (χ2v) is 6.76. The van der Waals surface area contributed by atoms with Crippen LogP contribution in [0.5, 0.6) is 0 Å². The van der Waals surface area contributed by atoms with E-state index in [2.05, 4.69) is 29.1 Å². The minimum Gasteiger partial charge on any atom is -0.379 e. The van der Waals surface area contributed by atoms with Crippen molar-refractivity contribution in [2.45, 2.75) is 32.8 Å². The molecule has 0 bridgehead atoms. The molecule has 0 saturated carbocycles. The van der Waals surface area contributed by atoms with E-state index >= 15 is 0 Å². The third kappa shape index (κ3) is 7.26. The Hall–Kier alpha value is -0.610. The molecule has 2 aliphatic rings. The first-order valence-corrected chi connectivity index (χ1v) is 9.05. The summed E-state index contributed by atoms with van der Waals surface area (Å²) in [6, 6.07) is 0. The summed E-state index contributed by atoms with van der Waals surface area (Å²) in [7, 11) is 1.79. The van der Waals surface area contributed by atoms with Gasteiger partial charge in [-0.15, -0.1) is 24.0 Å². The Balaban J connectivity index is 0.00000312. The van der Waals surface area contributed by atoms with E-state index in [1.807, 2.05) is 4.90 Å². The van der Waals surface area contributed by atoms with Gasteiger partial charge in [-0.3, -0.25) is 9.79 Å². The van der Waals surface area contributed by atoms with Crippen molar-refractivity contribution in [3.63, 3.8) is 0 Å². The predicted molar refractivity (Wildman–Crippen MR) is 110 cm³/mol. The Bertz CT molecular complexity index is 420. The van der Waals surface area contributed by atoms with Crippen LogP contribution in [0.25, 0.3) is 0 Å². The number of nitrogens with zero attached hydrogens (tertiary/aromatic N) is 3. The van der Waals surface area contributed by atoms with Crippen molar-refractivity contribution < 1.29 is 14.3 Å². The summed E-state index contributed by atoms with van der Waals surface area (Å²) in [6.07, 6.45) is 1.64. The van der Waals surface area contributed by atoms with E-state index in [-0.39, 0.29) is 36.0 Å². The normalized spacial score (nSPS) is 21.4. The number of guanidine groups is 1. The van der Waals surface area contributed by atoms with Gasteiger partial charge < -0.3 is 24.6 Å². The number of piperazine rings is 1. The molecule has 8 heteroatoms. The molecule has 0 aromatic carbocycles. The maximum absolute atomic E-state index is 12.4. The molecule has 0 spiro atoms. The van der Waals surface area contributed by atoms with Crippen molar-refractivity contribution in [2.75, 3.05) is 59.6 Å². The summed E-state index contributed by atoms with van der Waals surface area (Å²) < 4.78 is 11.1. The molecule has 0 aromatic rings. The zero-order valence-corrected chi connectivity index (χ0v) is 18.0. The maximum atomic E-state index is 12.4. The molecule has 0 aliphatic carbocycles. The van der Waals surface area contributed by atoms with Crippen LogP contribution >= 0.6 is 24.0 Å². The number of carbonyl (C=O) groups is 1. The lowest BCUT2D eigenvalue weighted by Crippen LogP contribution is -2.55. The van der Waals surface area contributed by atoms with Crippen LogP contribution in [0, 0.1) is 5.92 Å². The summed E-state index contributed by atoms with van der Waals surface area (Å²) in [4.78, 5) is 20.8. The lowest BCUT2D eigenvalue weighted by Gasteiger charge is -2.37. The fraction of sp³-hybridized carbons (Fsp3) is 0.882. The number of amides is 1. The van der Waals surface area contributed by atoms with Gasteiger partial charge in [0.2, 0.25) is 0 Å². The Morgan fingerprint density at radius 1 is 1.28 bits per heavy atom. The number of hydrogen-bond acceptors (Lipinski definition) is 4. The van der Waals surface area contributed by atoms with Gasteiger partial charge in [0.05, 0.1) is 6.61 Å². The van der Waals surface area contributed by atoms with Gasteiger partial charge in [-0.1, -0.05) is 13.8 Å². The summed E-state index contributed by atoms with van der Waals surface area (Å²) in [5, 5.41) is 3.33. The molecule has 2 fully saturated rings. The summed E-state index contributed by atoms with van der Waals surface area (Å²) in [5.74, 6) is 1.59. The third-order valence-corrected chi connectivity index (χ3v) is 4.29. The average molecular weight is 468 g/mol. The average Bonchev–Trinajstić information content (AvgIpc) is 3.12. The highest BCUT2D eigenvalue weighted by atomic mass is 127. The van der Waals surface area contributed by atoms with Crippen molar-refractivity contribution in [3.8, 4) is 0 Å². The van der Waals surface area contributed by atoms with Crippen LogP contribution in [-0.2, 0) is 14.3 Å². The third-order valence-electron chi connectivity index (χ3n) is 4.29. The van der Waals surface area contributed by atoms with Crippen LogP contribution in [0.3, 0.4) is 0 Å². The number of halogens is 1. The van der Waals surface area contributed by atoms with E-state index in [1.165, 1.54) is 0 Å². The molecule has 7 nitrogen and oxygen atoms in total. The van der Waals surface area contributed by atoms with Gasteiger partial charge in [-0.25, -0.2) is 0 Å². The molecule has 25 heavy (non-hydrogen) atoms. The predicted octanol–water partition coefficient (Wildman–Crippen LogP) is 1.18. The van der Waals surface area contributed by atoms with Crippen molar-refractivity contribution in [1.82, 2.24) is 15.1 Å². The monoisotopic (exact) mass is 468 g/mol. The molecule has 1 atom stereocenters. The zero-order valence-electron chi connectivity index (χ0n) is 15.7. The second kappa shape index (κ2) is 11.9. The van der Waals surface area contributed by atoms with E-state index in [4.69, 9.17) is 9.47 Å². The number of rotatable bonds is 6. The van der Waals surface area contributed by atoms with E-state index in [9.17, 15) is 4.79 Å². The van der Waals surface area contributed by atoms with Gasteiger partial charge in [0.25, 0.3) is 5.91 Å². The zero-order chi connectivity index (χ0) is 17.4. The molecule has 2 saturated heterocycles. The Kier molecular flexibility index (Phi) is 10.7. The maximum Gasteiger partial charge on any atom is 0.251 e. The molecule has 2 aliphatic heterocycles. The SMILES string of the molecule is CN=C(NCCOCC(C)C)N1CCN(C(=O)C2CCCO2)CC1.I. The lowest BCUT2D eigenvalue weighted by atomic mass is 10.2. The van der Waals surface area contributed by atoms with Gasteiger partial charge in [-0.05, 0) is 18.8 Å². The highest BCUT2D eigenvalue weighted by molar-refractivity contribution is 14.0. The Morgan fingerprint density at radius 3 is 2.52 bits per heavy atom. The van der Waals surface area contributed by atoms with Crippen LogP contribution in [0.2, 0.25) is 0 Å². The molecule has 1 amide bonds. The van der Waals surface area contributed by atoms with Crippen LogP contribution in [0.15, 0.2) is 4.99 Å². The van der Waals surface area contributed by atoms with Gasteiger partial charge in [0, 0.05) is 53.0 Å². The highest BCUT2D eigenvalue weighted by Gasteiger charge is 2.30. The highest BCUT2D eigenvalue weighted by Crippen LogP contribution is 2.16. The van der Waals surface area contributed by atoms with E-state index in [1.54, 1.807) is 7.05 Å². The van der Waals surface area contributed by atoms with Gasteiger partial charge in [-0.2, -0.15) is 0 Å². The van der Waals surface area contributed by atoms with Gasteiger partial charge >= 0.3 is 0 Å². The molecule has 146 valence electrons. The molecule has 1 unspecified atom stereocenters. The standard InChI is InChI=1S/C17H32N4O3.HI/c1-14(2)13-23-12-6-19-17(18-3)21-9-7-20(8-10-21)16(22)15-5-4-11-24-15;/h14-15H,4-13H2,1-3H3,(H,18,19);1H. The first-order chi connectivity index (χ1) is 11.6. The largest absolute Gasteiger partial charge is 0.379 e. The summed E-state index contributed by atoms with van der Waals surface area (Å²) in [6.45, 7) is 10.2. The lowest BCUT2D eigenvalue weighted by molar-refractivity contribution is -0.142. The van der Waals surface area contributed by atoms with E-state index in [0.717, 1.165) is 58.1 Å². The number of carbonyl (C=O) groups excluding carboxylic acids is 1. The summed E-state index contributed by atoms with van der Waals surface area (Å²) in [5.41, 5.74) is 0. The van der Waals surface area contributed by atoms with Crippen LogP contribution in [-0.4, -0.2) is 87.4 Å². The fourth-order valence-corrected chi connectivity index (χ4v) is 3.00. The molecule has 2 rings (SSSR count). The number of hydrogen-bond donors (Lipinski definition) is 1. The minimum atomic E-state index is -0.216. The summed E-state index contributed by atoms with van der Waals surface area (Å²) >= 11 is 0. The molecular weight excluding hydrogens is 435 g/mol. The van der Waals surface area contributed by atoms with Crippen LogP contribution in [0.4, 0.5) is 0 Å². The number of ether oxygens (including phenoxy) is 2. The van der Waals surface area contributed by atoms with E-state index in [0.29, 0.717) is 19.1 Å². The molecule has 2 heterocycles. The first-order valence-electron chi connectivity index (χ1n) is 9.05. The van der Waals surface area contributed by atoms with Gasteiger partial charge in [0.15, 0.2) is 5.96 Å². The second-order valence-electron chi connectivity index (χ2n) is 6.76.